The number of anilines is 1. The molecular formula is C22H25N5O4S. The standard InChI is InChI=1S/C22H25N5O4S/c1-14-19(21(28)27(26(14)2)16-9-7-6-8-10-16)24-22(32)25-23-13-15-11-17(29-3)20(31-5)18(12-15)30-4/h6-13H,1-5H3,(H2,24,25,32)/b23-13-. The second kappa shape index (κ2) is 10.0. The third-order valence-corrected chi connectivity index (χ3v) is 5.05. The molecular weight excluding hydrogens is 430 g/mol. The van der Waals surface area contributed by atoms with E-state index in [0.717, 1.165) is 11.4 Å². The molecule has 0 spiro atoms. The number of rotatable bonds is 7. The Morgan fingerprint density at radius 2 is 1.69 bits per heavy atom. The number of para-hydroxylation sites is 1. The number of hydrazone groups is 1. The van der Waals surface area contributed by atoms with Crippen LogP contribution in [-0.4, -0.2) is 42.0 Å². The van der Waals surface area contributed by atoms with Crippen LogP contribution in [0.15, 0.2) is 52.4 Å². The molecule has 9 nitrogen and oxygen atoms in total. The number of aromatic nitrogens is 2. The summed E-state index contributed by atoms with van der Waals surface area (Å²) in [6, 6.07) is 12.9. The first-order valence-electron chi connectivity index (χ1n) is 9.65. The number of thiocarbonyl (C=S) groups is 1. The Bertz CT molecular complexity index is 1180. The summed E-state index contributed by atoms with van der Waals surface area (Å²) in [4.78, 5) is 13.0. The molecule has 3 rings (SSSR count). The van der Waals surface area contributed by atoms with Crippen molar-refractivity contribution in [1.29, 1.82) is 0 Å². The molecule has 0 amide bonds. The van der Waals surface area contributed by atoms with Crippen LogP contribution >= 0.6 is 12.2 Å². The summed E-state index contributed by atoms with van der Waals surface area (Å²) < 4.78 is 19.3. The molecule has 3 aromatic rings. The SMILES string of the molecule is COc1cc(/C=N\NC(=S)Nc2c(C)n(C)n(-c3ccccc3)c2=O)cc(OC)c1OC. The summed E-state index contributed by atoms with van der Waals surface area (Å²) in [7, 11) is 6.44. The quantitative estimate of drug-likeness (QED) is 0.322. The smallest absolute Gasteiger partial charge is 0.295 e. The largest absolute Gasteiger partial charge is 0.493 e. The van der Waals surface area contributed by atoms with Crippen molar-refractivity contribution >= 4 is 29.2 Å². The molecule has 0 fully saturated rings. The Labute approximate surface area is 191 Å². The van der Waals surface area contributed by atoms with Gasteiger partial charge in [-0.15, -0.1) is 0 Å². The average Bonchev–Trinajstić information content (AvgIpc) is 3.01. The first-order valence-corrected chi connectivity index (χ1v) is 10.1. The monoisotopic (exact) mass is 455 g/mol. The Hall–Kier alpha value is -3.79. The first-order chi connectivity index (χ1) is 15.4. The van der Waals surface area contributed by atoms with Crippen molar-refractivity contribution in [1.82, 2.24) is 14.8 Å². The Morgan fingerprint density at radius 1 is 1.06 bits per heavy atom. The number of methoxy groups -OCH3 is 3. The lowest BCUT2D eigenvalue weighted by atomic mass is 10.2. The van der Waals surface area contributed by atoms with Crippen molar-refractivity contribution in [2.24, 2.45) is 12.1 Å². The van der Waals surface area contributed by atoms with Crippen LogP contribution in [0.2, 0.25) is 0 Å². The van der Waals surface area contributed by atoms with Gasteiger partial charge in [-0.3, -0.25) is 14.9 Å². The van der Waals surface area contributed by atoms with Crippen LogP contribution in [0, 0.1) is 6.92 Å². The number of nitrogens with one attached hydrogen (secondary N) is 2. The van der Waals surface area contributed by atoms with Crippen LogP contribution in [0.3, 0.4) is 0 Å². The van der Waals surface area contributed by atoms with Gasteiger partial charge < -0.3 is 19.5 Å². The summed E-state index contributed by atoms with van der Waals surface area (Å²) >= 11 is 5.31. The van der Waals surface area contributed by atoms with Crippen molar-refractivity contribution in [2.45, 2.75) is 6.92 Å². The van der Waals surface area contributed by atoms with Crippen LogP contribution in [-0.2, 0) is 7.05 Å². The Kier molecular flexibility index (Phi) is 7.16. The normalized spacial score (nSPS) is 10.8. The molecule has 2 N–H and O–H groups in total. The number of benzene rings is 2. The summed E-state index contributed by atoms with van der Waals surface area (Å²) in [5, 5.41) is 7.27. The minimum atomic E-state index is -0.214. The van der Waals surface area contributed by atoms with Gasteiger partial charge in [-0.05, 0) is 43.4 Å². The van der Waals surface area contributed by atoms with Gasteiger partial charge in [0.1, 0.15) is 5.69 Å². The summed E-state index contributed by atoms with van der Waals surface area (Å²) in [6.45, 7) is 1.84. The van der Waals surface area contributed by atoms with Gasteiger partial charge in [-0.2, -0.15) is 5.10 Å². The highest BCUT2D eigenvalue weighted by molar-refractivity contribution is 7.80. The van der Waals surface area contributed by atoms with E-state index in [9.17, 15) is 4.79 Å². The third kappa shape index (κ3) is 4.59. The zero-order valence-electron chi connectivity index (χ0n) is 18.5. The number of hydrogen-bond acceptors (Lipinski definition) is 6. The van der Waals surface area contributed by atoms with E-state index < -0.39 is 0 Å². The van der Waals surface area contributed by atoms with Crippen molar-refractivity contribution in [2.75, 3.05) is 26.6 Å². The maximum absolute atomic E-state index is 13.0. The van der Waals surface area contributed by atoms with Crippen LogP contribution in [0.1, 0.15) is 11.3 Å². The van der Waals surface area contributed by atoms with Crippen LogP contribution in [0.4, 0.5) is 5.69 Å². The minimum absolute atomic E-state index is 0.180. The number of nitrogens with zero attached hydrogens (tertiary/aromatic N) is 3. The second-order valence-corrected chi connectivity index (χ2v) is 7.13. The second-order valence-electron chi connectivity index (χ2n) is 6.72. The molecule has 1 heterocycles. The molecule has 0 atom stereocenters. The fraction of sp³-hybridized carbons (Fsp3) is 0.227. The lowest BCUT2D eigenvalue weighted by molar-refractivity contribution is 0.324. The van der Waals surface area contributed by atoms with Crippen molar-refractivity contribution in [3.63, 3.8) is 0 Å². The van der Waals surface area contributed by atoms with E-state index in [0.29, 0.717) is 28.5 Å². The lowest BCUT2D eigenvalue weighted by Gasteiger charge is -2.12. The molecule has 32 heavy (non-hydrogen) atoms. The van der Waals surface area contributed by atoms with Crippen LogP contribution < -0.4 is 30.5 Å². The topological polar surface area (TPSA) is 91.0 Å². The molecule has 0 bridgehead atoms. The van der Waals surface area contributed by atoms with E-state index in [-0.39, 0.29) is 10.7 Å². The minimum Gasteiger partial charge on any atom is -0.493 e. The van der Waals surface area contributed by atoms with Gasteiger partial charge in [-0.1, -0.05) is 18.2 Å². The molecule has 0 saturated carbocycles. The lowest BCUT2D eigenvalue weighted by Crippen LogP contribution is -2.28. The zero-order chi connectivity index (χ0) is 23.3. The third-order valence-electron chi connectivity index (χ3n) is 4.86. The Morgan fingerprint density at radius 3 is 2.25 bits per heavy atom. The summed E-state index contributed by atoms with van der Waals surface area (Å²) in [6.07, 6.45) is 1.55. The molecule has 0 unspecified atom stereocenters. The highest BCUT2D eigenvalue weighted by Gasteiger charge is 2.17. The Balaban J connectivity index is 1.76. The van der Waals surface area contributed by atoms with Crippen LogP contribution in [0.5, 0.6) is 17.2 Å². The molecule has 0 saturated heterocycles. The maximum atomic E-state index is 13.0. The van der Waals surface area contributed by atoms with Crippen molar-refractivity contribution < 1.29 is 14.2 Å². The van der Waals surface area contributed by atoms with Gasteiger partial charge in [0.15, 0.2) is 16.6 Å². The van der Waals surface area contributed by atoms with E-state index in [1.165, 1.54) is 7.11 Å². The van der Waals surface area contributed by atoms with Gasteiger partial charge in [0.2, 0.25) is 5.75 Å². The molecule has 0 aliphatic rings. The van der Waals surface area contributed by atoms with Gasteiger partial charge in [-0.25, -0.2) is 4.68 Å². The van der Waals surface area contributed by atoms with E-state index in [4.69, 9.17) is 26.4 Å². The molecule has 0 radical (unpaired) electrons. The van der Waals surface area contributed by atoms with E-state index >= 15 is 0 Å². The van der Waals surface area contributed by atoms with E-state index in [1.54, 1.807) is 41.9 Å². The first kappa shape index (κ1) is 22.9. The van der Waals surface area contributed by atoms with Gasteiger partial charge >= 0.3 is 0 Å². The van der Waals surface area contributed by atoms with Crippen molar-refractivity contribution in [3.8, 4) is 22.9 Å². The fourth-order valence-corrected chi connectivity index (χ4v) is 3.35. The number of hydrogen-bond donors (Lipinski definition) is 2. The fourth-order valence-electron chi connectivity index (χ4n) is 3.20. The average molecular weight is 456 g/mol. The number of ether oxygens (including phenoxy) is 3. The predicted octanol–water partition coefficient (Wildman–Crippen LogP) is 2.83. The summed E-state index contributed by atoms with van der Waals surface area (Å²) in [5.74, 6) is 1.51. The predicted molar refractivity (Wildman–Crippen MR) is 129 cm³/mol. The van der Waals surface area contributed by atoms with Gasteiger partial charge in [0.25, 0.3) is 5.56 Å². The van der Waals surface area contributed by atoms with Crippen molar-refractivity contribution in [3.05, 3.63) is 64.1 Å². The highest BCUT2D eigenvalue weighted by Crippen LogP contribution is 2.37. The van der Waals surface area contributed by atoms with Crippen LogP contribution in [0.25, 0.3) is 5.69 Å². The van der Waals surface area contributed by atoms with E-state index in [1.807, 2.05) is 44.3 Å². The highest BCUT2D eigenvalue weighted by atomic mass is 32.1. The zero-order valence-corrected chi connectivity index (χ0v) is 19.3. The molecule has 1 aromatic heterocycles. The molecule has 10 heteroatoms. The maximum Gasteiger partial charge on any atom is 0.295 e. The molecule has 0 aliphatic heterocycles. The van der Waals surface area contributed by atoms with E-state index in [2.05, 4.69) is 15.8 Å². The molecule has 168 valence electrons. The molecule has 2 aromatic carbocycles. The molecule has 0 aliphatic carbocycles. The summed E-state index contributed by atoms with van der Waals surface area (Å²) in [5.41, 5.74) is 5.08. The van der Waals surface area contributed by atoms with Gasteiger partial charge in [0, 0.05) is 12.6 Å². The van der Waals surface area contributed by atoms with Gasteiger partial charge in [0.05, 0.1) is 38.9 Å².